The molecule has 0 radical (unpaired) electrons. The third kappa shape index (κ3) is 4.62. The minimum Gasteiger partial charge on any atom is -0.497 e. The Bertz CT molecular complexity index is 1300. The van der Waals surface area contributed by atoms with Crippen molar-refractivity contribution in [3.63, 3.8) is 0 Å². The molecular weight excluding hydrogens is 416 g/mol. The lowest BCUT2D eigenvalue weighted by molar-refractivity contribution is -0.121. The Kier molecular flexibility index (Phi) is 6.04. The summed E-state index contributed by atoms with van der Waals surface area (Å²) in [5.41, 5.74) is 2.97. The average Bonchev–Trinajstić information content (AvgIpc) is 3.18. The maximum Gasteiger partial charge on any atom is 0.267 e. The molecule has 31 heavy (non-hydrogen) atoms. The Labute approximate surface area is 183 Å². The van der Waals surface area contributed by atoms with Gasteiger partial charge in [-0.05, 0) is 42.3 Å². The van der Waals surface area contributed by atoms with E-state index < -0.39 is 0 Å². The van der Waals surface area contributed by atoms with Crippen LogP contribution in [0.3, 0.4) is 0 Å². The van der Waals surface area contributed by atoms with Crippen molar-refractivity contribution in [2.24, 2.45) is 0 Å². The van der Waals surface area contributed by atoms with Crippen LogP contribution in [0.2, 0.25) is 5.02 Å². The number of amides is 1. The second-order valence-corrected chi connectivity index (χ2v) is 7.43. The van der Waals surface area contributed by atoms with E-state index >= 15 is 0 Å². The molecule has 1 amide bonds. The highest BCUT2D eigenvalue weighted by Gasteiger charge is 2.11. The molecule has 2 N–H and O–H groups in total. The van der Waals surface area contributed by atoms with Crippen molar-refractivity contribution in [3.05, 3.63) is 81.7 Å². The van der Waals surface area contributed by atoms with Crippen molar-refractivity contribution in [1.29, 1.82) is 0 Å². The van der Waals surface area contributed by atoms with Crippen molar-refractivity contribution in [2.45, 2.75) is 13.0 Å². The number of fused-ring (bicyclic) bond motifs is 1. The maximum atomic E-state index is 12.4. The second-order valence-electron chi connectivity index (χ2n) is 7.02. The van der Waals surface area contributed by atoms with Crippen LogP contribution in [0, 0.1) is 0 Å². The van der Waals surface area contributed by atoms with Gasteiger partial charge in [0.1, 0.15) is 12.3 Å². The molecule has 7 nitrogen and oxygen atoms in total. The van der Waals surface area contributed by atoms with Gasteiger partial charge in [0.05, 0.1) is 17.8 Å². The molecule has 2 heterocycles. The Hall–Kier alpha value is -3.58. The molecule has 0 atom stereocenters. The number of aromatic nitrogens is 3. The van der Waals surface area contributed by atoms with E-state index in [4.69, 9.17) is 16.3 Å². The second kappa shape index (κ2) is 9.06. The fourth-order valence-corrected chi connectivity index (χ4v) is 3.63. The van der Waals surface area contributed by atoms with Gasteiger partial charge >= 0.3 is 0 Å². The van der Waals surface area contributed by atoms with E-state index in [1.165, 1.54) is 6.07 Å². The molecule has 2 aromatic heterocycles. The molecule has 0 aliphatic heterocycles. The third-order valence-corrected chi connectivity index (χ3v) is 5.33. The van der Waals surface area contributed by atoms with Crippen molar-refractivity contribution < 1.29 is 9.53 Å². The van der Waals surface area contributed by atoms with Gasteiger partial charge in [-0.2, -0.15) is 5.10 Å². The number of nitrogens with one attached hydrogen (secondary N) is 2. The number of hydrogen-bond acceptors (Lipinski definition) is 4. The molecule has 158 valence electrons. The summed E-state index contributed by atoms with van der Waals surface area (Å²) in [4.78, 5) is 27.8. The maximum absolute atomic E-state index is 12.4. The topological polar surface area (TPSA) is 89.0 Å². The van der Waals surface area contributed by atoms with Crippen molar-refractivity contribution in [2.75, 3.05) is 13.7 Å². The number of nitrogens with zero attached hydrogens (tertiary/aromatic N) is 2. The number of carbonyl (C=O) groups excluding carboxylic acids is 1. The van der Waals surface area contributed by atoms with Gasteiger partial charge in [-0.3, -0.25) is 9.59 Å². The molecule has 0 unspecified atom stereocenters. The van der Waals surface area contributed by atoms with E-state index in [1.54, 1.807) is 19.2 Å². The first-order chi connectivity index (χ1) is 15.0. The van der Waals surface area contributed by atoms with Crippen LogP contribution in [-0.4, -0.2) is 34.3 Å². The summed E-state index contributed by atoms with van der Waals surface area (Å²) in [6.07, 6.45) is 2.57. The Morgan fingerprint density at radius 2 is 2.03 bits per heavy atom. The lowest BCUT2D eigenvalue weighted by Gasteiger charge is -2.09. The van der Waals surface area contributed by atoms with Crippen LogP contribution in [0.25, 0.3) is 22.2 Å². The van der Waals surface area contributed by atoms with Crippen molar-refractivity contribution in [1.82, 2.24) is 20.1 Å². The number of carbonyl (C=O) groups is 1. The van der Waals surface area contributed by atoms with Crippen LogP contribution < -0.4 is 15.6 Å². The smallest absolute Gasteiger partial charge is 0.267 e. The van der Waals surface area contributed by atoms with Gasteiger partial charge in [-0.25, -0.2) is 4.68 Å². The minimum absolute atomic E-state index is 0.168. The van der Waals surface area contributed by atoms with Crippen molar-refractivity contribution >= 4 is 28.4 Å². The summed E-state index contributed by atoms with van der Waals surface area (Å²) in [5.74, 6) is 0.490. The van der Waals surface area contributed by atoms with Gasteiger partial charge in [0.25, 0.3) is 5.56 Å². The number of aromatic amines is 1. The number of hydrogen-bond donors (Lipinski definition) is 2. The quantitative estimate of drug-likeness (QED) is 0.464. The minimum atomic E-state index is -0.352. The highest BCUT2D eigenvalue weighted by atomic mass is 35.5. The SMILES string of the molecule is COc1ccc2[nH]cc(CCNC(=O)Cn3nc(-c4ccccc4Cl)ccc3=O)c2c1. The molecule has 0 aliphatic carbocycles. The van der Waals surface area contributed by atoms with Crippen LogP contribution in [0.5, 0.6) is 5.75 Å². The zero-order valence-corrected chi connectivity index (χ0v) is 17.6. The van der Waals surface area contributed by atoms with Gasteiger partial charge < -0.3 is 15.0 Å². The number of rotatable bonds is 7. The molecule has 0 aliphatic rings. The van der Waals surface area contributed by atoms with E-state index in [0.29, 0.717) is 29.2 Å². The number of methoxy groups -OCH3 is 1. The standard InChI is InChI=1S/C23H21ClN4O3/c1-31-16-6-7-20-18(12-16)15(13-26-20)10-11-25-22(29)14-28-23(30)9-8-21(27-28)17-4-2-3-5-19(17)24/h2-9,12-13,26H,10-11,14H2,1H3,(H,25,29). The van der Waals surface area contributed by atoms with Crippen LogP contribution in [-0.2, 0) is 17.8 Å². The van der Waals surface area contributed by atoms with E-state index in [-0.39, 0.29) is 18.0 Å². The van der Waals surface area contributed by atoms with Gasteiger partial charge in [-0.1, -0.05) is 29.8 Å². The number of ether oxygens (including phenoxy) is 1. The van der Waals surface area contributed by atoms with Gasteiger partial charge in [0.15, 0.2) is 0 Å². The predicted octanol–water partition coefficient (Wildman–Crippen LogP) is 3.41. The first-order valence-electron chi connectivity index (χ1n) is 9.79. The normalized spacial score (nSPS) is 10.9. The molecule has 0 bridgehead atoms. The molecule has 4 aromatic rings. The first kappa shape index (κ1) is 20.7. The highest BCUT2D eigenvalue weighted by molar-refractivity contribution is 6.33. The molecule has 0 saturated carbocycles. The summed E-state index contributed by atoms with van der Waals surface area (Å²) >= 11 is 6.22. The summed E-state index contributed by atoms with van der Waals surface area (Å²) in [6.45, 7) is 0.265. The lowest BCUT2D eigenvalue weighted by atomic mass is 10.1. The lowest BCUT2D eigenvalue weighted by Crippen LogP contribution is -2.34. The van der Waals surface area contributed by atoms with Gasteiger partial charge in [0, 0.05) is 35.3 Å². The van der Waals surface area contributed by atoms with Crippen LogP contribution in [0.4, 0.5) is 0 Å². The largest absolute Gasteiger partial charge is 0.497 e. The third-order valence-electron chi connectivity index (χ3n) is 5.00. The van der Waals surface area contributed by atoms with Gasteiger partial charge in [-0.15, -0.1) is 0 Å². The van der Waals surface area contributed by atoms with Crippen molar-refractivity contribution in [3.8, 4) is 17.0 Å². The molecule has 0 saturated heterocycles. The summed E-state index contributed by atoms with van der Waals surface area (Å²) in [5, 5.41) is 8.73. The number of H-pyrrole nitrogens is 1. The molecule has 0 fully saturated rings. The summed E-state index contributed by atoms with van der Waals surface area (Å²) < 4.78 is 6.43. The fourth-order valence-electron chi connectivity index (χ4n) is 3.39. The predicted molar refractivity (Wildman–Crippen MR) is 121 cm³/mol. The molecule has 2 aromatic carbocycles. The average molecular weight is 437 g/mol. The zero-order valence-electron chi connectivity index (χ0n) is 16.9. The summed E-state index contributed by atoms with van der Waals surface area (Å²) in [6, 6.07) is 16.0. The molecule has 4 rings (SSSR count). The van der Waals surface area contributed by atoms with E-state index in [2.05, 4.69) is 15.4 Å². The van der Waals surface area contributed by atoms with Crippen LogP contribution in [0.15, 0.2) is 65.6 Å². The Balaban J connectivity index is 1.41. The Morgan fingerprint density at radius 3 is 2.84 bits per heavy atom. The first-order valence-corrected chi connectivity index (χ1v) is 10.2. The van der Waals surface area contributed by atoms with E-state index in [0.717, 1.165) is 26.9 Å². The summed E-state index contributed by atoms with van der Waals surface area (Å²) in [7, 11) is 1.63. The van der Waals surface area contributed by atoms with Crippen LogP contribution >= 0.6 is 11.6 Å². The Morgan fingerprint density at radius 1 is 1.19 bits per heavy atom. The van der Waals surface area contributed by atoms with E-state index in [1.807, 2.05) is 42.6 Å². The van der Waals surface area contributed by atoms with Gasteiger partial charge in [0.2, 0.25) is 5.91 Å². The molecule has 0 spiro atoms. The number of halogens is 1. The van der Waals surface area contributed by atoms with Crippen LogP contribution in [0.1, 0.15) is 5.56 Å². The monoisotopic (exact) mass is 436 g/mol. The zero-order chi connectivity index (χ0) is 21.8. The molecular formula is C23H21ClN4O3. The highest BCUT2D eigenvalue weighted by Crippen LogP contribution is 2.25. The number of benzene rings is 2. The molecule has 8 heteroatoms. The fraction of sp³-hybridized carbons (Fsp3) is 0.174. The van der Waals surface area contributed by atoms with E-state index in [9.17, 15) is 9.59 Å².